The van der Waals surface area contributed by atoms with Gasteiger partial charge in [-0.25, -0.2) is 0 Å². The van der Waals surface area contributed by atoms with Gasteiger partial charge in [-0.1, -0.05) is 35.5 Å². The Balaban J connectivity index is 1.23. The Bertz CT molecular complexity index is 855. The Labute approximate surface area is 162 Å². The first-order chi connectivity index (χ1) is 13.3. The number of hydrogen-bond acceptors (Lipinski definition) is 5. The number of aromatic nitrogens is 2. The maximum atomic E-state index is 12.5. The van der Waals surface area contributed by atoms with Crippen LogP contribution < -0.4 is 4.90 Å². The van der Waals surface area contributed by atoms with Crippen LogP contribution in [-0.4, -0.2) is 47.1 Å². The molecule has 27 heavy (non-hydrogen) atoms. The molecule has 0 saturated carbocycles. The largest absolute Gasteiger partial charge is 0.339 e. The molecule has 1 aromatic carbocycles. The third-order valence-corrected chi connectivity index (χ3v) is 5.60. The second kappa shape index (κ2) is 8.45. The second-order valence-corrected chi connectivity index (χ2v) is 7.60. The molecule has 3 aromatic rings. The zero-order valence-corrected chi connectivity index (χ0v) is 16.0. The van der Waals surface area contributed by atoms with Crippen LogP contribution in [0.25, 0.3) is 11.4 Å². The van der Waals surface area contributed by atoms with Crippen LogP contribution in [0.5, 0.6) is 0 Å². The number of amides is 1. The topological polar surface area (TPSA) is 63.7 Å². The second-order valence-electron chi connectivity index (χ2n) is 6.82. The number of rotatable bonds is 6. The number of hydrogen-bond donors (Lipinski definition) is 1. The molecular weight excluding hydrogens is 360 g/mol. The number of nitrogens with zero attached hydrogens (tertiary/aromatic N) is 3. The summed E-state index contributed by atoms with van der Waals surface area (Å²) in [6, 6.07) is 12.5. The highest BCUT2D eigenvalue weighted by molar-refractivity contribution is 7.08. The molecule has 1 saturated heterocycles. The Morgan fingerprint density at radius 1 is 1.19 bits per heavy atom. The van der Waals surface area contributed by atoms with Gasteiger partial charge in [0, 0.05) is 29.3 Å². The van der Waals surface area contributed by atoms with Gasteiger partial charge >= 0.3 is 0 Å². The van der Waals surface area contributed by atoms with Crippen LogP contribution in [0.2, 0.25) is 0 Å². The zero-order chi connectivity index (χ0) is 18.5. The fraction of sp³-hybridized carbons (Fsp3) is 0.350. The first-order valence-corrected chi connectivity index (χ1v) is 10.2. The molecule has 4 rings (SSSR count). The van der Waals surface area contributed by atoms with Gasteiger partial charge in [-0.05, 0) is 11.4 Å². The number of aryl methyl sites for hydroxylation is 1. The molecule has 1 fully saturated rings. The molecular formula is C20H23N4O2S+. The highest BCUT2D eigenvalue weighted by Crippen LogP contribution is 2.19. The Morgan fingerprint density at radius 3 is 2.74 bits per heavy atom. The first kappa shape index (κ1) is 17.9. The van der Waals surface area contributed by atoms with E-state index in [4.69, 9.17) is 4.52 Å². The lowest BCUT2D eigenvalue weighted by Crippen LogP contribution is -3.13. The molecule has 1 aliphatic rings. The van der Waals surface area contributed by atoms with Crippen LogP contribution in [-0.2, 0) is 17.8 Å². The van der Waals surface area contributed by atoms with E-state index in [1.807, 2.05) is 27.8 Å². The lowest BCUT2D eigenvalue weighted by Gasteiger charge is -2.32. The molecule has 1 aliphatic heterocycles. The van der Waals surface area contributed by atoms with Crippen LogP contribution in [0.15, 0.2) is 51.7 Å². The Hall–Kier alpha value is -2.51. The molecule has 1 N–H and O–H groups in total. The van der Waals surface area contributed by atoms with Crippen molar-refractivity contribution in [3.05, 3.63) is 58.6 Å². The standard InChI is InChI=1S/C20H22N4O2S/c25-19(7-6-18-21-20(22-26-18)17-8-13-27-15-17)24-11-9-23(10-12-24)14-16-4-2-1-3-5-16/h1-5,8,13,15H,6-7,9-12,14H2/p+1. The minimum Gasteiger partial charge on any atom is -0.339 e. The van der Waals surface area contributed by atoms with E-state index in [1.54, 1.807) is 11.3 Å². The highest BCUT2D eigenvalue weighted by Gasteiger charge is 2.24. The van der Waals surface area contributed by atoms with E-state index in [0.717, 1.165) is 38.3 Å². The van der Waals surface area contributed by atoms with Gasteiger partial charge in [0.15, 0.2) is 0 Å². The molecule has 0 aliphatic carbocycles. The summed E-state index contributed by atoms with van der Waals surface area (Å²) in [6.07, 6.45) is 0.909. The van der Waals surface area contributed by atoms with Gasteiger partial charge in [0.05, 0.1) is 26.2 Å². The van der Waals surface area contributed by atoms with Gasteiger partial charge in [0.2, 0.25) is 17.6 Å². The van der Waals surface area contributed by atoms with E-state index < -0.39 is 0 Å². The molecule has 0 radical (unpaired) electrons. The van der Waals surface area contributed by atoms with Crippen LogP contribution in [0.1, 0.15) is 17.9 Å². The van der Waals surface area contributed by atoms with E-state index in [1.165, 1.54) is 10.5 Å². The van der Waals surface area contributed by atoms with Crippen LogP contribution in [0, 0.1) is 0 Å². The number of quaternary nitrogens is 1. The third kappa shape index (κ3) is 4.61. The average Bonchev–Trinajstić information content (AvgIpc) is 3.39. The summed E-state index contributed by atoms with van der Waals surface area (Å²) >= 11 is 1.60. The third-order valence-electron chi connectivity index (χ3n) is 4.92. The van der Waals surface area contributed by atoms with Crippen LogP contribution >= 0.6 is 11.3 Å². The molecule has 0 spiro atoms. The molecule has 6 nitrogen and oxygen atoms in total. The van der Waals surface area contributed by atoms with E-state index in [0.29, 0.717) is 24.6 Å². The zero-order valence-electron chi connectivity index (χ0n) is 15.1. The average molecular weight is 383 g/mol. The van der Waals surface area contributed by atoms with Crippen molar-refractivity contribution in [2.24, 2.45) is 0 Å². The predicted octanol–water partition coefficient (Wildman–Crippen LogP) is 1.66. The number of carbonyl (C=O) groups is 1. The van der Waals surface area contributed by atoms with Crippen LogP contribution in [0.4, 0.5) is 0 Å². The molecule has 1 amide bonds. The van der Waals surface area contributed by atoms with Crippen molar-refractivity contribution in [2.45, 2.75) is 19.4 Å². The molecule has 2 aromatic heterocycles. The molecule has 3 heterocycles. The summed E-state index contributed by atoms with van der Waals surface area (Å²) in [5.41, 5.74) is 2.31. The number of carbonyl (C=O) groups excluding carboxylic acids is 1. The smallest absolute Gasteiger partial charge is 0.227 e. The maximum absolute atomic E-state index is 12.5. The van der Waals surface area contributed by atoms with Crippen LogP contribution in [0.3, 0.4) is 0 Å². The molecule has 140 valence electrons. The SMILES string of the molecule is O=C(CCc1nc(-c2ccsc2)no1)N1CC[NH+](Cc2ccccc2)CC1. The van der Waals surface area contributed by atoms with E-state index in [9.17, 15) is 4.79 Å². The number of thiophene rings is 1. The number of piperazine rings is 1. The van der Waals surface area contributed by atoms with Gasteiger partial charge in [0.1, 0.15) is 6.54 Å². The normalized spacial score (nSPS) is 15.2. The molecule has 7 heteroatoms. The summed E-state index contributed by atoms with van der Waals surface area (Å²) < 4.78 is 5.28. The van der Waals surface area contributed by atoms with Gasteiger partial charge in [0.25, 0.3) is 0 Å². The van der Waals surface area contributed by atoms with Gasteiger partial charge < -0.3 is 14.3 Å². The number of nitrogens with one attached hydrogen (secondary N) is 1. The van der Waals surface area contributed by atoms with Gasteiger partial charge in [-0.3, -0.25) is 4.79 Å². The Kier molecular flexibility index (Phi) is 5.60. The van der Waals surface area contributed by atoms with E-state index >= 15 is 0 Å². The number of benzene rings is 1. The van der Waals surface area contributed by atoms with Crippen molar-refractivity contribution >= 4 is 17.2 Å². The van der Waals surface area contributed by atoms with Crippen molar-refractivity contribution < 1.29 is 14.2 Å². The fourth-order valence-electron chi connectivity index (χ4n) is 3.37. The molecule has 0 bridgehead atoms. The fourth-order valence-corrected chi connectivity index (χ4v) is 4.01. The Morgan fingerprint density at radius 2 is 2.00 bits per heavy atom. The van der Waals surface area contributed by atoms with Crippen molar-refractivity contribution in [3.8, 4) is 11.4 Å². The van der Waals surface area contributed by atoms with Gasteiger partial charge in [-0.15, -0.1) is 0 Å². The summed E-state index contributed by atoms with van der Waals surface area (Å²) in [4.78, 5) is 20.4. The first-order valence-electron chi connectivity index (χ1n) is 9.28. The van der Waals surface area contributed by atoms with Crippen molar-refractivity contribution in [1.29, 1.82) is 0 Å². The lowest BCUT2D eigenvalue weighted by molar-refractivity contribution is -0.917. The minimum atomic E-state index is 0.170. The summed E-state index contributed by atoms with van der Waals surface area (Å²) in [6.45, 7) is 4.62. The predicted molar refractivity (Wildman–Crippen MR) is 103 cm³/mol. The minimum absolute atomic E-state index is 0.170. The molecule has 0 atom stereocenters. The van der Waals surface area contributed by atoms with E-state index in [2.05, 4.69) is 34.4 Å². The summed E-state index contributed by atoms with van der Waals surface area (Å²) in [5, 5.41) is 7.95. The van der Waals surface area contributed by atoms with Gasteiger partial charge in [-0.2, -0.15) is 16.3 Å². The lowest BCUT2D eigenvalue weighted by atomic mass is 10.2. The molecule has 0 unspecified atom stereocenters. The van der Waals surface area contributed by atoms with Crippen molar-refractivity contribution in [2.75, 3.05) is 26.2 Å². The monoisotopic (exact) mass is 383 g/mol. The van der Waals surface area contributed by atoms with Crippen molar-refractivity contribution in [3.63, 3.8) is 0 Å². The maximum Gasteiger partial charge on any atom is 0.227 e. The summed E-state index contributed by atoms with van der Waals surface area (Å²) in [7, 11) is 0. The van der Waals surface area contributed by atoms with E-state index in [-0.39, 0.29) is 5.91 Å². The highest BCUT2D eigenvalue weighted by atomic mass is 32.1. The quantitative estimate of drug-likeness (QED) is 0.703. The van der Waals surface area contributed by atoms with Crippen molar-refractivity contribution in [1.82, 2.24) is 15.0 Å². The summed E-state index contributed by atoms with van der Waals surface area (Å²) in [5.74, 6) is 1.29.